The minimum Gasteiger partial charge on any atom is -0.493 e. The van der Waals surface area contributed by atoms with Crippen LogP contribution in [-0.4, -0.2) is 37.5 Å². The summed E-state index contributed by atoms with van der Waals surface area (Å²) in [5.41, 5.74) is 6.97. The number of nitrogens with zero attached hydrogens (tertiary/aromatic N) is 1. The highest BCUT2D eigenvalue weighted by molar-refractivity contribution is 6.01. The number of hydrogen-bond donors (Lipinski definition) is 2. The van der Waals surface area contributed by atoms with E-state index in [0.29, 0.717) is 17.1 Å². The van der Waals surface area contributed by atoms with Gasteiger partial charge in [-0.25, -0.2) is 0 Å². The van der Waals surface area contributed by atoms with Crippen LogP contribution in [0.3, 0.4) is 0 Å². The molecule has 8 nitrogen and oxygen atoms in total. The Bertz CT molecular complexity index is 972. The molecule has 1 aliphatic rings. The SMILES string of the molecule is COc1cc(C(=O)NNC(=O)[C@@H]2CC(=O)N(c3ccc(C)cc3)C2)ccc1OC(C)C. The first-order valence-corrected chi connectivity index (χ1v) is 10.1. The Labute approximate surface area is 181 Å². The van der Waals surface area contributed by atoms with Gasteiger partial charge in [-0.2, -0.15) is 0 Å². The summed E-state index contributed by atoms with van der Waals surface area (Å²) in [5, 5.41) is 0. The van der Waals surface area contributed by atoms with Crippen molar-refractivity contribution in [1.82, 2.24) is 10.9 Å². The third-order valence-electron chi connectivity index (χ3n) is 4.93. The van der Waals surface area contributed by atoms with Crippen LogP contribution < -0.4 is 25.2 Å². The standard InChI is InChI=1S/C23H27N3O5/c1-14(2)31-19-10-7-16(11-20(19)30-4)22(28)24-25-23(29)17-12-21(27)26(13-17)18-8-5-15(3)6-9-18/h5-11,14,17H,12-13H2,1-4H3,(H,24,28)(H,25,29)/t17-/m1/s1. The van der Waals surface area contributed by atoms with Gasteiger partial charge in [0.1, 0.15) is 0 Å². The molecule has 1 saturated heterocycles. The van der Waals surface area contributed by atoms with Gasteiger partial charge < -0.3 is 14.4 Å². The van der Waals surface area contributed by atoms with Crippen molar-refractivity contribution < 1.29 is 23.9 Å². The molecule has 164 valence electrons. The van der Waals surface area contributed by atoms with E-state index in [4.69, 9.17) is 9.47 Å². The second-order valence-electron chi connectivity index (χ2n) is 7.72. The number of carbonyl (C=O) groups is 3. The number of nitrogens with one attached hydrogen (secondary N) is 2. The molecular formula is C23H27N3O5. The molecule has 0 spiro atoms. The molecule has 2 aromatic rings. The molecule has 1 atom stereocenters. The van der Waals surface area contributed by atoms with Crippen molar-refractivity contribution in [3.63, 3.8) is 0 Å². The van der Waals surface area contributed by atoms with Crippen molar-refractivity contribution in [3.8, 4) is 11.5 Å². The molecule has 0 unspecified atom stereocenters. The lowest BCUT2D eigenvalue weighted by Gasteiger charge is -2.17. The van der Waals surface area contributed by atoms with Crippen LogP contribution in [0.2, 0.25) is 0 Å². The quantitative estimate of drug-likeness (QED) is 0.694. The van der Waals surface area contributed by atoms with Gasteiger partial charge in [-0.1, -0.05) is 17.7 Å². The zero-order chi connectivity index (χ0) is 22.5. The molecule has 0 aromatic heterocycles. The first-order valence-electron chi connectivity index (χ1n) is 10.1. The third-order valence-corrected chi connectivity index (χ3v) is 4.93. The lowest BCUT2D eigenvalue weighted by Crippen LogP contribution is -2.45. The van der Waals surface area contributed by atoms with E-state index in [1.807, 2.05) is 45.0 Å². The van der Waals surface area contributed by atoms with Crippen molar-refractivity contribution in [2.45, 2.75) is 33.3 Å². The Hall–Kier alpha value is -3.55. The van der Waals surface area contributed by atoms with E-state index >= 15 is 0 Å². The molecule has 0 saturated carbocycles. The fourth-order valence-electron chi connectivity index (χ4n) is 3.31. The fourth-order valence-corrected chi connectivity index (χ4v) is 3.31. The maximum atomic E-state index is 12.5. The lowest BCUT2D eigenvalue weighted by molar-refractivity contribution is -0.126. The van der Waals surface area contributed by atoms with E-state index in [0.717, 1.165) is 11.3 Å². The zero-order valence-electron chi connectivity index (χ0n) is 18.1. The van der Waals surface area contributed by atoms with Crippen molar-refractivity contribution in [2.75, 3.05) is 18.6 Å². The molecule has 0 radical (unpaired) electrons. The number of ether oxygens (including phenoxy) is 2. The number of anilines is 1. The largest absolute Gasteiger partial charge is 0.493 e. The molecule has 3 rings (SSSR count). The normalized spacial score (nSPS) is 15.7. The molecule has 0 aliphatic carbocycles. The van der Waals surface area contributed by atoms with E-state index in [-0.39, 0.29) is 25.0 Å². The van der Waals surface area contributed by atoms with Gasteiger partial charge in [0.2, 0.25) is 11.8 Å². The highest BCUT2D eigenvalue weighted by atomic mass is 16.5. The van der Waals surface area contributed by atoms with Crippen LogP contribution in [0.5, 0.6) is 11.5 Å². The van der Waals surface area contributed by atoms with Crippen molar-refractivity contribution in [2.24, 2.45) is 5.92 Å². The van der Waals surface area contributed by atoms with Gasteiger partial charge in [0.15, 0.2) is 11.5 Å². The highest BCUT2D eigenvalue weighted by Crippen LogP contribution is 2.29. The zero-order valence-corrected chi connectivity index (χ0v) is 18.1. The van der Waals surface area contributed by atoms with Crippen LogP contribution in [-0.2, 0) is 9.59 Å². The number of methoxy groups -OCH3 is 1. The average molecular weight is 425 g/mol. The van der Waals surface area contributed by atoms with Crippen molar-refractivity contribution in [1.29, 1.82) is 0 Å². The first-order chi connectivity index (χ1) is 14.8. The number of benzene rings is 2. The molecule has 31 heavy (non-hydrogen) atoms. The van der Waals surface area contributed by atoms with E-state index in [1.54, 1.807) is 17.0 Å². The smallest absolute Gasteiger partial charge is 0.269 e. The highest BCUT2D eigenvalue weighted by Gasteiger charge is 2.35. The summed E-state index contributed by atoms with van der Waals surface area (Å²) in [6.07, 6.45) is 0.0476. The maximum absolute atomic E-state index is 12.5. The third kappa shape index (κ3) is 5.33. The predicted molar refractivity (Wildman–Crippen MR) is 116 cm³/mol. The maximum Gasteiger partial charge on any atom is 0.269 e. The number of aryl methyl sites for hydroxylation is 1. The summed E-state index contributed by atoms with van der Waals surface area (Å²) in [7, 11) is 1.49. The number of hydrogen-bond acceptors (Lipinski definition) is 5. The topological polar surface area (TPSA) is 97.0 Å². The summed E-state index contributed by atoms with van der Waals surface area (Å²) in [6, 6.07) is 12.3. The molecule has 2 N–H and O–H groups in total. The second-order valence-corrected chi connectivity index (χ2v) is 7.72. The van der Waals surface area contributed by atoms with E-state index < -0.39 is 17.7 Å². The second kappa shape index (κ2) is 9.51. The summed E-state index contributed by atoms with van der Waals surface area (Å²) < 4.78 is 10.9. The van der Waals surface area contributed by atoms with E-state index in [9.17, 15) is 14.4 Å². The fraction of sp³-hybridized carbons (Fsp3) is 0.348. The van der Waals surface area contributed by atoms with Crippen LogP contribution in [0.15, 0.2) is 42.5 Å². The Balaban J connectivity index is 1.58. The van der Waals surface area contributed by atoms with Gasteiger partial charge >= 0.3 is 0 Å². The van der Waals surface area contributed by atoms with Crippen LogP contribution in [0.4, 0.5) is 5.69 Å². The van der Waals surface area contributed by atoms with Crippen molar-refractivity contribution >= 4 is 23.4 Å². The molecule has 1 heterocycles. The monoisotopic (exact) mass is 425 g/mol. The predicted octanol–water partition coefficient (Wildman–Crippen LogP) is 2.60. The number of amides is 3. The molecule has 3 amide bonds. The Kier molecular flexibility index (Phi) is 6.79. The molecule has 1 aliphatic heterocycles. The number of carbonyl (C=O) groups excluding carboxylic acids is 3. The average Bonchev–Trinajstić information content (AvgIpc) is 3.14. The van der Waals surface area contributed by atoms with Crippen LogP contribution in [0.1, 0.15) is 36.2 Å². The molecular weight excluding hydrogens is 398 g/mol. The first kappa shape index (κ1) is 22.1. The molecule has 8 heteroatoms. The lowest BCUT2D eigenvalue weighted by atomic mass is 10.1. The van der Waals surface area contributed by atoms with E-state index in [2.05, 4.69) is 10.9 Å². The summed E-state index contributed by atoms with van der Waals surface area (Å²) in [6.45, 7) is 6.01. The minimum absolute atomic E-state index is 0.0403. The number of hydrazine groups is 1. The minimum atomic E-state index is -0.551. The van der Waals surface area contributed by atoms with Gasteiger partial charge in [-0.3, -0.25) is 25.2 Å². The van der Waals surface area contributed by atoms with Crippen LogP contribution in [0.25, 0.3) is 0 Å². The summed E-state index contributed by atoms with van der Waals surface area (Å²) in [4.78, 5) is 38.9. The van der Waals surface area contributed by atoms with Gasteiger partial charge in [-0.05, 0) is 51.1 Å². The van der Waals surface area contributed by atoms with Crippen molar-refractivity contribution in [3.05, 3.63) is 53.6 Å². The summed E-state index contributed by atoms with van der Waals surface area (Å²) >= 11 is 0. The molecule has 1 fully saturated rings. The van der Waals surface area contributed by atoms with E-state index in [1.165, 1.54) is 13.2 Å². The Morgan fingerprint density at radius 1 is 1.06 bits per heavy atom. The Morgan fingerprint density at radius 2 is 1.77 bits per heavy atom. The van der Waals surface area contributed by atoms with Crippen LogP contribution in [0, 0.1) is 12.8 Å². The van der Waals surface area contributed by atoms with Gasteiger partial charge in [0.05, 0.1) is 19.1 Å². The molecule has 0 bridgehead atoms. The van der Waals surface area contributed by atoms with Gasteiger partial charge in [0.25, 0.3) is 5.91 Å². The number of rotatable bonds is 6. The Morgan fingerprint density at radius 3 is 2.42 bits per heavy atom. The van der Waals surface area contributed by atoms with Gasteiger partial charge in [0, 0.05) is 24.2 Å². The molecule has 2 aromatic carbocycles. The summed E-state index contributed by atoms with van der Waals surface area (Å²) in [5.74, 6) is -0.640. The van der Waals surface area contributed by atoms with Gasteiger partial charge in [-0.15, -0.1) is 0 Å². The van der Waals surface area contributed by atoms with Crippen LogP contribution >= 0.6 is 0 Å².